The van der Waals surface area contributed by atoms with Gasteiger partial charge in [0, 0.05) is 5.92 Å². The fraction of sp³-hybridized carbons (Fsp3) is 1.00. The SMILES string of the molecule is C[C@@H]1COS(=O)O[C@@H]1C. The Bertz CT molecular complexity index is 125. The smallest absolute Gasteiger partial charge is 0.268 e. The average molecular weight is 150 g/mol. The lowest BCUT2D eigenvalue weighted by Crippen LogP contribution is -2.30. The van der Waals surface area contributed by atoms with Crippen LogP contribution in [0.1, 0.15) is 13.8 Å². The standard InChI is InChI=1S/C5H10O3S/c1-4-3-7-9(6)8-5(4)2/h4-5H,3H2,1-2H3/t4-,5-,9?/m1/s1. The molecule has 3 nitrogen and oxygen atoms in total. The molecule has 1 saturated heterocycles. The van der Waals surface area contributed by atoms with E-state index in [0.29, 0.717) is 12.5 Å². The Morgan fingerprint density at radius 3 is 2.67 bits per heavy atom. The summed E-state index contributed by atoms with van der Waals surface area (Å²) in [5.41, 5.74) is 0. The molecule has 0 N–H and O–H groups in total. The van der Waals surface area contributed by atoms with E-state index in [1.54, 1.807) is 0 Å². The van der Waals surface area contributed by atoms with Crippen LogP contribution >= 0.6 is 0 Å². The monoisotopic (exact) mass is 150 g/mol. The minimum Gasteiger partial charge on any atom is -0.268 e. The first-order chi connectivity index (χ1) is 4.20. The van der Waals surface area contributed by atoms with Crippen LogP contribution in [-0.2, 0) is 19.7 Å². The molecule has 54 valence electrons. The highest BCUT2D eigenvalue weighted by molar-refractivity contribution is 7.75. The maximum atomic E-state index is 10.5. The van der Waals surface area contributed by atoms with Gasteiger partial charge in [0.15, 0.2) is 0 Å². The number of hydrogen-bond donors (Lipinski definition) is 0. The van der Waals surface area contributed by atoms with E-state index in [2.05, 4.69) is 0 Å². The molecule has 1 rings (SSSR count). The molecule has 0 aliphatic carbocycles. The van der Waals surface area contributed by atoms with Crippen molar-refractivity contribution >= 4 is 11.4 Å². The Balaban J connectivity index is 2.44. The molecule has 0 bridgehead atoms. The van der Waals surface area contributed by atoms with E-state index in [1.165, 1.54) is 0 Å². The fourth-order valence-electron chi connectivity index (χ4n) is 0.545. The summed E-state index contributed by atoms with van der Waals surface area (Å²) in [6.07, 6.45) is 0.0552. The topological polar surface area (TPSA) is 35.5 Å². The molecule has 0 spiro atoms. The molecule has 4 heteroatoms. The molecule has 0 saturated carbocycles. The van der Waals surface area contributed by atoms with Crippen molar-refractivity contribution in [2.24, 2.45) is 5.92 Å². The first-order valence-electron chi connectivity index (χ1n) is 2.92. The fourth-order valence-corrected chi connectivity index (χ4v) is 1.36. The van der Waals surface area contributed by atoms with E-state index in [-0.39, 0.29) is 6.10 Å². The average Bonchev–Trinajstić information content (AvgIpc) is 1.80. The first-order valence-corrected chi connectivity index (χ1v) is 3.92. The lowest BCUT2D eigenvalue weighted by Gasteiger charge is -2.23. The van der Waals surface area contributed by atoms with Gasteiger partial charge in [0.2, 0.25) is 0 Å². The van der Waals surface area contributed by atoms with Gasteiger partial charge in [0.05, 0.1) is 12.7 Å². The molecule has 0 aromatic heterocycles. The molecule has 3 atom stereocenters. The van der Waals surface area contributed by atoms with E-state index in [0.717, 1.165) is 0 Å². The predicted molar refractivity (Wildman–Crippen MR) is 33.8 cm³/mol. The summed E-state index contributed by atoms with van der Waals surface area (Å²) in [5, 5.41) is 0. The maximum absolute atomic E-state index is 10.5. The second-order valence-electron chi connectivity index (χ2n) is 2.27. The second-order valence-corrected chi connectivity index (χ2v) is 3.10. The Labute approximate surface area is 57.2 Å². The van der Waals surface area contributed by atoms with Crippen molar-refractivity contribution in [1.29, 1.82) is 0 Å². The van der Waals surface area contributed by atoms with Crippen molar-refractivity contribution < 1.29 is 12.6 Å². The van der Waals surface area contributed by atoms with Crippen molar-refractivity contribution in [2.45, 2.75) is 20.0 Å². The molecular weight excluding hydrogens is 140 g/mol. The molecule has 1 aliphatic heterocycles. The Kier molecular flexibility index (Phi) is 2.21. The van der Waals surface area contributed by atoms with Crippen LogP contribution in [0.2, 0.25) is 0 Å². The van der Waals surface area contributed by atoms with Crippen molar-refractivity contribution in [3.05, 3.63) is 0 Å². The molecular formula is C5H10O3S. The largest absolute Gasteiger partial charge is 0.304 e. The summed E-state index contributed by atoms with van der Waals surface area (Å²) in [6.45, 7) is 4.43. The lowest BCUT2D eigenvalue weighted by molar-refractivity contribution is 0.0725. The van der Waals surface area contributed by atoms with E-state index in [1.807, 2.05) is 13.8 Å². The van der Waals surface area contributed by atoms with E-state index >= 15 is 0 Å². The quantitative estimate of drug-likeness (QED) is 0.508. The zero-order valence-electron chi connectivity index (χ0n) is 5.49. The van der Waals surface area contributed by atoms with Crippen LogP contribution in [-0.4, -0.2) is 16.9 Å². The molecule has 1 heterocycles. The minimum absolute atomic E-state index is 0.0552. The van der Waals surface area contributed by atoms with Crippen LogP contribution in [0.15, 0.2) is 0 Å². The van der Waals surface area contributed by atoms with E-state index < -0.39 is 11.4 Å². The minimum atomic E-state index is -1.49. The van der Waals surface area contributed by atoms with Gasteiger partial charge < -0.3 is 0 Å². The van der Waals surface area contributed by atoms with Gasteiger partial charge in [-0.15, -0.1) is 0 Å². The Hall–Kier alpha value is 0.0700. The summed E-state index contributed by atoms with van der Waals surface area (Å²) >= 11 is -1.49. The Morgan fingerprint density at radius 1 is 1.56 bits per heavy atom. The molecule has 0 radical (unpaired) electrons. The third kappa shape index (κ3) is 1.74. The predicted octanol–water partition coefficient (Wildman–Crippen LogP) is 0.636. The van der Waals surface area contributed by atoms with Gasteiger partial charge >= 0.3 is 11.4 Å². The highest BCUT2D eigenvalue weighted by Crippen LogP contribution is 2.15. The highest BCUT2D eigenvalue weighted by Gasteiger charge is 2.22. The van der Waals surface area contributed by atoms with E-state index in [4.69, 9.17) is 8.37 Å². The van der Waals surface area contributed by atoms with Crippen LogP contribution < -0.4 is 0 Å². The van der Waals surface area contributed by atoms with E-state index in [9.17, 15) is 4.21 Å². The van der Waals surface area contributed by atoms with Crippen molar-refractivity contribution in [3.63, 3.8) is 0 Å². The molecule has 1 aliphatic rings. The number of rotatable bonds is 0. The normalized spacial score (nSPS) is 44.9. The molecule has 1 unspecified atom stereocenters. The zero-order valence-corrected chi connectivity index (χ0v) is 6.31. The second kappa shape index (κ2) is 2.77. The molecule has 9 heavy (non-hydrogen) atoms. The van der Waals surface area contributed by atoms with Gasteiger partial charge in [-0.2, -0.15) is 4.21 Å². The van der Waals surface area contributed by atoms with Gasteiger partial charge in [0.25, 0.3) is 0 Å². The van der Waals surface area contributed by atoms with Gasteiger partial charge in [-0.25, -0.2) is 0 Å². The van der Waals surface area contributed by atoms with Gasteiger partial charge in [-0.3, -0.25) is 8.37 Å². The third-order valence-electron chi connectivity index (χ3n) is 1.46. The van der Waals surface area contributed by atoms with Crippen LogP contribution in [0.25, 0.3) is 0 Å². The van der Waals surface area contributed by atoms with Crippen LogP contribution in [0.5, 0.6) is 0 Å². The maximum Gasteiger partial charge on any atom is 0.304 e. The summed E-state index contributed by atoms with van der Waals surface area (Å²) in [7, 11) is 0. The molecule has 0 aromatic carbocycles. The summed E-state index contributed by atoms with van der Waals surface area (Å²) in [4.78, 5) is 0. The highest BCUT2D eigenvalue weighted by atomic mass is 32.2. The third-order valence-corrected chi connectivity index (χ3v) is 2.25. The molecule has 1 fully saturated rings. The zero-order chi connectivity index (χ0) is 6.85. The summed E-state index contributed by atoms with van der Waals surface area (Å²) in [5.74, 6) is 0.350. The Morgan fingerprint density at radius 2 is 2.22 bits per heavy atom. The van der Waals surface area contributed by atoms with Crippen molar-refractivity contribution in [1.82, 2.24) is 0 Å². The van der Waals surface area contributed by atoms with Gasteiger partial charge in [-0.05, 0) is 6.92 Å². The summed E-state index contributed by atoms with van der Waals surface area (Å²) < 4.78 is 20.0. The van der Waals surface area contributed by atoms with Crippen LogP contribution in [0.3, 0.4) is 0 Å². The summed E-state index contributed by atoms with van der Waals surface area (Å²) in [6, 6.07) is 0. The van der Waals surface area contributed by atoms with Crippen LogP contribution in [0, 0.1) is 5.92 Å². The van der Waals surface area contributed by atoms with Crippen LogP contribution in [0.4, 0.5) is 0 Å². The number of hydrogen-bond acceptors (Lipinski definition) is 3. The van der Waals surface area contributed by atoms with Crippen molar-refractivity contribution in [2.75, 3.05) is 6.61 Å². The first kappa shape index (κ1) is 7.18. The molecule has 0 amide bonds. The lowest BCUT2D eigenvalue weighted by atomic mass is 10.1. The molecule has 0 aromatic rings. The van der Waals surface area contributed by atoms with Crippen molar-refractivity contribution in [3.8, 4) is 0 Å². The van der Waals surface area contributed by atoms with Gasteiger partial charge in [-0.1, -0.05) is 6.92 Å². The van der Waals surface area contributed by atoms with Gasteiger partial charge in [0.1, 0.15) is 0 Å².